The summed E-state index contributed by atoms with van der Waals surface area (Å²) in [5.41, 5.74) is 0.370. The number of aromatic carboxylic acids is 1. The Balaban J connectivity index is 2.52. The molecule has 0 bridgehead atoms. The van der Waals surface area contributed by atoms with Gasteiger partial charge in [-0.05, 0) is 18.2 Å². The molecule has 0 saturated carbocycles. The number of carbonyl (C=O) groups is 3. The maximum absolute atomic E-state index is 12.4. The van der Waals surface area contributed by atoms with Crippen LogP contribution in [0.1, 0.15) is 33.2 Å². The Morgan fingerprint density at radius 3 is 2.19 bits per heavy atom. The quantitative estimate of drug-likeness (QED) is 0.530. The molecule has 21 heavy (non-hydrogen) atoms. The maximum atomic E-state index is 12.4. The molecule has 0 aliphatic rings. The number of esters is 1. The molecule has 1 N–H and O–H groups in total. The van der Waals surface area contributed by atoms with Gasteiger partial charge in [-0.15, -0.1) is 0 Å². The molecule has 5 heteroatoms. The van der Waals surface area contributed by atoms with Crippen LogP contribution in [-0.4, -0.2) is 22.8 Å². The van der Waals surface area contributed by atoms with E-state index in [1.807, 2.05) is 0 Å². The van der Waals surface area contributed by atoms with E-state index < -0.39 is 17.7 Å². The lowest BCUT2D eigenvalue weighted by atomic mass is 10.0. The standard InChI is InChI=1S/C16H12O5/c1-10(17)21-14-8-7-12(16(19)20)9-13(14)15(18)11-5-3-2-4-6-11/h2-9H,1H3,(H,19,20). The van der Waals surface area contributed by atoms with Crippen molar-refractivity contribution < 1.29 is 24.2 Å². The van der Waals surface area contributed by atoms with Crippen molar-refractivity contribution in [1.82, 2.24) is 0 Å². The van der Waals surface area contributed by atoms with E-state index in [1.54, 1.807) is 30.3 Å². The Bertz CT molecular complexity index is 704. The van der Waals surface area contributed by atoms with E-state index in [1.165, 1.54) is 25.1 Å². The lowest BCUT2D eigenvalue weighted by Gasteiger charge is -2.09. The average molecular weight is 284 g/mol. The molecule has 0 atom stereocenters. The predicted molar refractivity (Wildman–Crippen MR) is 74.6 cm³/mol. The van der Waals surface area contributed by atoms with Crippen molar-refractivity contribution in [3.05, 3.63) is 65.2 Å². The van der Waals surface area contributed by atoms with Crippen LogP contribution < -0.4 is 4.74 Å². The van der Waals surface area contributed by atoms with E-state index >= 15 is 0 Å². The molecular weight excluding hydrogens is 272 g/mol. The zero-order chi connectivity index (χ0) is 15.4. The summed E-state index contributed by atoms with van der Waals surface area (Å²) in [4.78, 5) is 34.6. The van der Waals surface area contributed by atoms with Crippen molar-refractivity contribution in [2.75, 3.05) is 0 Å². The van der Waals surface area contributed by atoms with Crippen LogP contribution in [0.5, 0.6) is 5.75 Å². The molecule has 106 valence electrons. The first kappa shape index (κ1) is 14.5. The van der Waals surface area contributed by atoms with Crippen LogP contribution in [0, 0.1) is 0 Å². The summed E-state index contributed by atoms with van der Waals surface area (Å²) in [6.07, 6.45) is 0. The molecule has 0 aliphatic carbocycles. The molecule has 0 spiro atoms. The Kier molecular flexibility index (Phi) is 4.13. The average Bonchev–Trinajstić information content (AvgIpc) is 2.47. The third-order valence-corrected chi connectivity index (χ3v) is 2.76. The summed E-state index contributed by atoms with van der Waals surface area (Å²) in [6.45, 7) is 1.21. The fourth-order valence-corrected chi connectivity index (χ4v) is 1.83. The van der Waals surface area contributed by atoms with Gasteiger partial charge in [0, 0.05) is 12.5 Å². The molecule has 0 aromatic heterocycles. The van der Waals surface area contributed by atoms with Crippen LogP contribution >= 0.6 is 0 Å². The zero-order valence-electron chi connectivity index (χ0n) is 11.2. The molecule has 2 aromatic carbocycles. The number of rotatable bonds is 4. The number of carbonyl (C=O) groups excluding carboxylic acids is 2. The molecule has 0 saturated heterocycles. The highest BCUT2D eigenvalue weighted by Gasteiger charge is 2.18. The van der Waals surface area contributed by atoms with Crippen LogP contribution in [0.4, 0.5) is 0 Å². The van der Waals surface area contributed by atoms with Gasteiger partial charge in [0.2, 0.25) is 0 Å². The van der Waals surface area contributed by atoms with Crippen molar-refractivity contribution in [3.63, 3.8) is 0 Å². The molecule has 0 amide bonds. The number of carboxylic acid groups (broad SMARTS) is 1. The van der Waals surface area contributed by atoms with Gasteiger partial charge < -0.3 is 9.84 Å². The van der Waals surface area contributed by atoms with Gasteiger partial charge in [-0.1, -0.05) is 30.3 Å². The van der Waals surface area contributed by atoms with E-state index in [2.05, 4.69) is 0 Å². The topological polar surface area (TPSA) is 80.7 Å². The number of hydrogen-bond acceptors (Lipinski definition) is 4. The van der Waals surface area contributed by atoms with Gasteiger partial charge in [-0.25, -0.2) is 4.79 Å². The van der Waals surface area contributed by atoms with Crippen molar-refractivity contribution in [2.24, 2.45) is 0 Å². The minimum absolute atomic E-state index is 0.0382. The fraction of sp³-hybridized carbons (Fsp3) is 0.0625. The molecule has 0 fully saturated rings. The zero-order valence-corrected chi connectivity index (χ0v) is 11.2. The number of ketones is 1. The number of ether oxygens (including phenoxy) is 1. The molecule has 0 heterocycles. The van der Waals surface area contributed by atoms with Crippen LogP contribution in [0.2, 0.25) is 0 Å². The third kappa shape index (κ3) is 3.33. The second kappa shape index (κ2) is 6.00. The normalized spacial score (nSPS) is 9.95. The molecule has 2 aromatic rings. The molecular formula is C16H12O5. The van der Waals surface area contributed by atoms with Crippen LogP contribution in [0.25, 0.3) is 0 Å². The lowest BCUT2D eigenvalue weighted by molar-refractivity contribution is -0.131. The summed E-state index contributed by atoms with van der Waals surface area (Å²) in [7, 11) is 0. The van der Waals surface area contributed by atoms with Crippen molar-refractivity contribution in [2.45, 2.75) is 6.92 Å². The fourth-order valence-electron chi connectivity index (χ4n) is 1.83. The second-order valence-corrected chi connectivity index (χ2v) is 4.30. The SMILES string of the molecule is CC(=O)Oc1ccc(C(=O)O)cc1C(=O)c1ccccc1. The summed E-state index contributed by atoms with van der Waals surface area (Å²) in [6, 6.07) is 12.1. The maximum Gasteiger partial charge on any atom is 0.335 e. The van der Waals surface area contributed by atoms with Crippen LogP contribution in [0.3, 0.4) is 0 Å². The van der Waals surface area contributed by atoms with Crippen molar-refractivity contribution in [1.29, 1.82) is 0 Å². The van der Waals surface area contributed by atoms with E-state index in [-0.39, 0.29) is 16.9 Å². The van der Waals surface area contributed by atoms with Crippen molar-refractivity contribution >= 4 is 17.7 Å². The molecule has 0 radical (unpaired) electrons. The molecule has 5 nitrogen and oxygen atoms in total. The Morgan fingerprint density at radius 2 is 1.62 bits per heavy atom. The van der Waals surface area contributed by atoms with Gasteiger partial charge in [0.1, 0.15) is 5.75 Å². The first-order chi connectivity index (χ1) is 9.99. The van der Waals surface area contributed by atoms with Gasteiger partial charge in [0.15, 0.2) is 5.78 Å². The van der Waals surface area contributed by atoms with E-state index in [0.29, 0.717) is 5.56 Å². The second-order valence-electron chi connectivity index (χ2n) is 4.30. The Morgan fingerprint density at radius 1 is 0.952 bits per heavy atom. The molecule has 2 rings (SSSR count). The predicted octanol–water partition coefficient (Wildman–Crippen LogP) is 2.54. The van der Waals surface area contributed by atoms with Gasteiger partial charge in [-0.2, -0.15) is 0 Å². The van der Waals surface area contributed by atoms with E-state index in [4.69, 9.17) is 9.84 Å². The third-order valence-electron chi connectivity index (χ3n) is 2.76. The van der Waals surface area contributed by atoms with E-state index in [9.17, 15) is 14.4 Å². The highest BCUT2D eigenvalue weighted by molar-refractivity contribution is 6.11. The number of benzene rings is 2. The largest absolute Gasteiger partial charge is 0.478 e. The number of carboxylic acids is 1. The summed E-state index contributed by atoms with van der Waals surface area (Å²) in [5.74, 6) is -2.11. The van der Waals surface area contributed by atoms with Gasteiger partial charge >= 0.3 is 11.9 Å². The van der Waals surface area contributed by atoms with Gasteiger partial charge in [0.25, 0.3) is 0 Å². The minimum Gasteiger partial charge on any atom is -0.478 e. The Labute approximate surface area is 120 Å². The van der Waals surface area contributed by atoms with Gasteiger partial charge in [-0.3, -0.25) is 9.59 Å². The first-order valence-corrected chi connectivity index (χ1v) is 6.14. The summed E-state index contributed by atoms with van der Waals surface area (Å²) in [5, 5.41) is 9.02. The lowest BCUT2D eigenvalue weighted by Crippen LogP contribution is -2.10. The monoisotopic (exact) mass is 284 g/mol. The highest BCUT2D eigenvalue weighted by Crippen LogP contribution is 2.24. The van der Waals surface area contributed by atoms with Crippen LogP contribution in [0.15, 0.2) is 48.5 Å². The van der Waals surface area contributed by atoms with Gasteiger partial charge in [0.05, 0.1) is 11.1 Å². The first-order valence-electron chi connectivity index (χ1n) is 6.14. The molecule has 0 aliphatic heterocycles. The van der Waals surface area contributed by atoms with Crippen LogP contribution in [-0.2, 0) is 4.79 Å². The van der Waals surface area contributed by atoms with E-state index in [0.717, 1.165) is 0 Å². The van der Waals surface area contributed by atoms with Crippen molar-refractivity contribution in [3.8, 4) is 5.75 Å². The summed E-state index contributed by atoms with van der Waals surface area (Å²) < 4.78 is 4.97. The minimum atomic E-state index is -1.16. The summed E-state index contributed by atoms with van der Waals surface area (Å²) >= 11 is 0. The smallest absolute Gasteiger partial charge is 0.335 e. The highest BCUT2D eigenvalue weighted by atomic mass is 16.5. The molecule has 0 unspecified atom stereocenters. The Hall–Kier alpha value is -2.95. The number of hydrogen-bond donors (Lipinski definition) is 1.